The summed E-state index contributed by atoms with van der Waals surface area (Å²) in [5, 5.41) is 11.7. The van der Waals surface area contributed by atoms with Crippen LogP contribution in [0.3, 0.4) is 0 Å². The molecule has 0 heterocycles. The minimum absolute atomic E-state index is 0.112. The summed E-state index contributed by atoms with van der Waals surface area (Å²) >= 11 is 0. The molecule has 1 aliphatic carbocycles. The van der Waals surface area contributed by atoms with Gasteiger partial charge in [-0.2, -0.15) is 5.26 Å². The van der Waals surface area contributed by atoms with Crippen LogP contribution in [-0.4, -0.2) is 30.4 Å². The van der Waals surface area contributed by atoms with Gasteiger partial charge in [0.15, 0.2) is 5.54 Å². The van der Waals surface area contributed by atoms with Crippen molar-refractivity contribution in [2.24, 2.45) is 5.92 Å². The molecular weight excluding hydrogens is 256 g/mol. The largest absolute Gasteiger partial charge is 0.444 e. The first-order valence-corrected chi connectivity index (χ1v) is 6.59. The third-order valence-electron chi connectivity index (χ3n) is 2.55. The van der Waals surface area contributed by atoms with Gasteiger partial charge in [0.1, 0.15) is 5.60 Å². The lowest BCUT2D eigenvalue weighted by atomic mass is 10.1. The van der Waals surface area contributed by atoms with Crippen LogP contribution in [0.1, 0.15) is 27.7 Å². The molecule has 0 fully saturated rings. The van der Waals surface area contributed by atoms with E-state index in [4.69, 9.17) is 9.47 Å². The van der Waals surface area contributed by atoms with Crippen molar-refractivity contribution >= 4 is 6.09 Å². The van der Waals surface area contributed by atoms with Crippen molar-refractivity contribution in [1.82, 2.24) is 5.32 Å². The first-order valence-electron chi connectivity index (χ1n) is 6.59. The van der Waals surface area contributed by atoms with Gasteiger partial charge in [-0.15, -0.1) is 0 Å². The molecule has 0 aromatic rings. The number of nitrogens with zero attached hydrogens (tertiary/aromatic N) is 1. The lowest BCUT2D eigenvalue weighted by Gasteiger charge is -2.26. The van der Waals surface area contributed by atoms with Gasteiger partial charge in [-0.05, 0) is 27.7 Å². The highest BCUT2D eigenvalue weighted by Crippen LogP contribution is 2.12. The van der Waals surface area contributed by atoms with E-state index in [-0.39, 0.29) is 12.5 Å². The minimum atomic E-state index is -1.10. The summed E-state index contributed by atoms with van der Waals surface area (Å²) < 4.78 is 10.6. The molecule has 20 heavy (non-hydrogen) atoms. The van der Waals surface area contributed by atoms with E-state index in [1.165, 1.54) is 0 Å². The van der Waals surface area contributed by atoms with Crippen LogP contribution in [-0.2, 0) is 9.47 Å². The number of ether oxygens (including phenoxy) is 2. The molecule has 0 saturated carbocycles. The smallest absolute Gasteiger partial charge is 0.408 e. The number of hydrogen-bond donors (Lipinski definition) is 1. The Hall–Kier alpha value is -1.80. The number of carbonyl (C=O) groups is 1. The highest BCUT2D eigenvalue weighted by molar-refractivity contribution is 5.69. The van der Waals surface area contributed by atoms with E-state index in [1.807, 2.05) is 30.4 Å². The number of allylic oxidation sites excluding steroid dienone is 2. The van der Waals surface area contributed by atoms with Crippen molar-refractivity contribution in [3.05, 3.63) is 24.3 Å². The second-order valence-electron chi connectivity index (χ2n) is 6.02. The van der Waals surface area contributed by atoms with Gasteiger partial charge in [0.2, 0.25) is 0 Å². The highest BCUT2D eigenvalue weighted by Gasteiger charge is 2.29. The van der Waals surface area contributed by atoms with Crippen LogP contribution in [0.15, 0.2) is 24.3 Å². The van der Waals surface area contributed by atoms with Crippen molar-refractivity contribution in [1.29, 1.82) is 5.26 Å². The average molecular weight is 278 g/mol. The van der Waals surface area contributed by atoms with Gasteiger partial charge in [-0.25, -0.2) is 4.79 Å². The molecule has 0 saturated heterocycles. The Bertz CT molecular complexity index is 431. The van der Waals surface area contributed by atoms with Crippen LogP contribution in [0.2, 0.25) is 0 Å². The Balaban J connectivity index is 2.41. The SMILES string of the molecule is CC(C#N)(COCC1C=CC=C1)NC(=O)OC(C)(C)C. The highest BCUT2D eigenvalue weighted by atomic mass is 16.6. The third kappa shape index (κ3) is 5.89. The number of rotatable bonds is 5. The van der Waals surface area contributed by atoms with Crippen molar-refractivity contribution in [2.45, 2.75) is 38.8 Å². The summed E-state index contributed by atoms with van der Waals surface area (Å²) in [6.45, 7) is 7.51. The molecule has 0 aromatic heterocycles. The molecule has 0 spiro atoms. The topological polar surface area (TPSA) is 71.3 Å². The standard InChI is InChI=1S/C15H22N2O3/c1-14(2,3)20-13(18)17-15(4,10-16)11-19-9-12-7-5-6-8-12/h5-8,12H,9,11H2,1-4H3,(H,17,18). The van der Waals surface area contributed by atoms with Crippen LogP contribution >= 0.6 is 0 Å². The van der Waals surface area contributed by atoms with Crippen LogP contribution in [0.25, 0.3) is 0 Å². The molecule has 0 aliphatic heterocycles. The van der Waals surface area contributed by atoms with Crippen LogP contribution in [0.4, 0.5) is 4.79 Å². The molecule has 1 rings (SSSR count). The normalized spacial score (nSPS) is 17.6. The van der Waals surface area contributed by atoms with Gasteiger partial charge in [-0.1, -0.05) is 24.3 Å². The molecule has 0 bridgehead atoms. The van der Waals surface area contributed by atoms with Gasteiger partial charge in [0, 0.05) is 5.92 Å². The zero-order valence-corrected chi connectivity index (χ0v) is 12.5. The van der Waals surface area contributed by atoms with E-state index in [2.05, 4.69) is 5.32 Å². The van der Waals surface area contributed by atoms with Crippen molar-refractivity contribution < 1.29 is 14.3 Å². The molecule has 1 unspecified atom stereocenters. The molecule has 5 nitrogen and oxygen atoms in total. The van der Waals surface area contributed by atoms with E-state index >= 15 is 0 Å². The van der Waals surface area contributed by atoms with Crippen LogP contribution < -0.4 is 5.32 Å². The molecule has 1 N–H and O–H groups in total. The molecule has 5 heteroatoms. The second-order valence-corrected chi connectivity index (χ2v) is 6.02. The summed E-state index contributed by atoms with van der Waals surface area (Å²) in [6.07, 6.45) is 7.33. The Morgan fingerprint density at radius 2 is 1.90 bits per heavy atom. The number of amides is 1. The van der Waals surface area contributed by atoms with Gasteiger partial charge >= 0.3 is 6.09 Å². The summed E-state index contributed by atoms with van der Waals surface area (Å²) in [4.78, 5) is 11.7. The molecule has 1 aliphatic rings. The summed E-state index contributed by atoms with van der Waals surface area (Å²) in [5.41, 5.74) is -1.70. The zero-order valence-electron chi connectivity index (χ0n) is 12.5. The Labute approximate surface area is 120 Å². The van der Waals surface area contributed by atoms with Crippen molar-refractivity contribution in [2.75, 3.05) is 13.2 Å². The Morgan fingerprint density at radius 1 is 1.30 bits per heavy atom. The fourth-order valence-electron chi connectivity index (χ4n) is 1.61. The van der Waals surface area contributed by atoms with E-state index in [0.29, 0.717) is 6.61 Å². The number of carbonyl (C=O) groups excluding carboxylic acids is 1. The maximum atomic E-state index is 11.7. The van der Waals surface area contributed by atoms with Gasteiger partial charge in [0.05, 0.1) is 19.3 Å². The summed E-state index contributed by atoms with van der Waals surface area (Å²) in [7, 11) is 0. The van der Waals surface area contributed by atoms with Gasteiger partial charge in [-0.3, -0.25) is 0 Å². The Morgan fingerprint density at radius 3 is 2.40 bits per heavy atom. The van der Waals surface area contributed by atoms with E-state index in [9.17, 15) is 10.1 Å². The van der Waals surface area contributed by atoms with Crippen molar-refractivity contribution in [3.8, 4) is 6.07 Å². The molecule has 1 atom stereocenters. The molecule has 0 aromatic carbocycles. The molecule has 1 amide bonds. The quantitative estimate of drug-likeness (QED) is 0.839. The lowest BCUT2D eigenvalue weighted by Crippen LogP contribution is -2.50. The monoisotopic (exact) mass is 278 g/mol. The van der Waals surface area contributed by atoms with Gasteiger partial charge < -0.3 is 14.8 Å². The first kappa shape index (κ1) is 16.3. The predicted molar refractivity (Wildman–Crippen MR) is 76.0 cm³/mol. The maximum Gasteiger partial charge on any atom is 0.408 e. The predicted octanol–water partition coefficient (Wildman–Crippen LogP) is 2.55. The van der Waals surface area contributed by atoms with E-state index in [1.54, 1.807) is 27.7 Å². The van der Waals surface area contributed by atoms with E-state index in [0.717, 1.165) is 0 Å². The third-order valence-corrected chi connectivity index (χ3v) is 2.55. The second kappa shape index (κ2) is 6.58. The molecule has 110 valence electrons. The molecule has 0 radical (unpaired) electrons. The summed E-state index contributed by atoms with van der Waals surface area (Å²) in [6, 6.07) is 2.05. The average Bonchev–Trinajstić information content (AvgIpc) is 2.79. The molecular formula is C15H22N2O3. The Kier molecular flexibility index (Phi) is 5.34. The number of nitrogens with one attached hydrogen (secondary N) is 1. The fourth-order valence-corrected chi connectivity index (χ4v) is 1.61. The van der Waals surface area contributed by atoms with Gasteiger partial charge in [0.25, 0.3) is 0 Å². The summed E-state index contributed by atoms with van der Waals surface area (Å²) in [5.74, 6) is 0.236. The fraction of sp³-hybridized carbons (Fsp3) is 0.600. The number of hydrogen-bond acceptors (Lipinski definition) is 4. The first-order chi connectivity index (χ1) is 9.24. The minimum Gasteiger partial charge on any atom is -0.444 e. The van der Waals surface area contributed by atoms with Crippen LogP contribution in [0, 0.1) is 17.2 Å². The number of alkyl carbamates (subject to hydrolysis) is 1. The zero-order chi connectivity index (χ0) is 15.2. The van der Waals surface area contributed by atoms with Crippen LogP contribution in [0.5, 0.6) is 0 Å². The maximum absolute atomic E-state index is 11.7. The lowest BCUT2D eigenvalue weighted by molar-refractivity contribution is 0.0382. The van der Waals surface area contributed by atoms with Crippen molar-refractivity contribution in [3.63, 3.8) is 0 Å². The number of nitriles is 1. The van der Waals surface area contributed by atoms with E-state index < -0.39 is 17.2 Å².